The second-order valence-electron chi connectivity index (χ2n) is 6.85. The third kappa shape index (κ3) is 5.64. The van der Waals surface area contributed by atoms with Gasteiger partial charge in [0.05, 0.1) is 5.56 Å². The molecule has 3 aromatic carbocycles. The summed E-state index contributed by atoms with van der Waals surface area (Å²) in [6.07, 6.45) is -4.54. The number of alkyl halides is 4. The molecule has 0 aliphatic carbocycles. The highest BCUT2D eigenvalue weighted by Gasteiger charge is 2.30. The van der Waals surface area contributed by atoms with Crippen LogP contribution >= 0.6 is 11.6 Å². The molecule has 0 fully saturated rings. The second kappa shape index (κ2) is 9.22. The summed E-state index contributed by atoms with van der Waals surface area (Å²) in [4.78, 5) is 24.9. The normalized spacial score (nSPS) is 11.1. The summed E-state index contributed by atoms with van der Waals surface area (Å²) >= 11 is 5.75. The number of carbonyl (C=O) groups is 2. The van der Waals surface area contributed by atoms with Gasteiger partial charge in [-0.3, -0.25) is 9.59 Å². The maximum atomic E-state index is 12.9. The van der Waals surface area contributed by atoms with Crippen LogP contribution in [0, 0.1) is 6.92 Å². The fourth-order valence-electron chi connectivity index (χ4n) is 2.81. The molecule has 3 rings (SSSR count). The van der Waals surface area contributed by atoms with Crippen LogP contribution in [-0.4, -0.2) is 11.8 Å². The number of nitrogens with one attached hydrogen (secondary N) is 2. The van der Waals surface area contributed by atoms with Crippen molar-refractivity contribution in [2.24, 2.45) is 0 Å². The van der Waals surface area contributed by atoms with Crippen LogP contribution in [0.2, 0.25) is 0 Å². The molecule has 3 aromatic rings. The summed E-state index contributed by atoms with van der Waals surface area (Å²) in [5, 5.41) is 5.33. The maximum absolute atomic E-state index is 12.9. The highest BCUT2D eigenvalue weighted by molar-refractivity contribution is 6.17. The SMILES string of the molecule is Cc1ccc(NC(=O)c2cccc(C(F)(F)F)c2)cc1NC(=O)c1ccc(CCl)cc1. The van der Waals surface area contributed by atoms with Gasteiger partial charge in [0.15, 0.2) is 0 Å². The van der Waals surface area contributed by atoms with Crippen LogP contribution < -0.4 is 10.6 Å². The standard InChI is InChI=1S/C23H18ClF3N2O2/c1-14-5-10-19(28-22(31)17-3-2-4-18(11-17)23(25,26)27)12-20(14)29-21(30)16-8-6-15(13-24)7-9-16/h2-12H,13H2,1H3,(H,28,31)(H,29,30). The number of hydrogen-bond donors (Lipinski definition) is 2. The van der Waals surface area contributed by atoms with Gasteiger partial charge in [-0.05, 0) is 60.5 Å². The lowest BCUT2D eigenvalue weighted by atomic mass is 10.1. The third-order valence-corrected chi connectivity index (χ3v) is 4.87. The number of benzene rings is 3. The first kappa shape index (κ1) is 22.4. The van der Waals surface area contributed by atoms with E-state index < -0.39 is 17.6 Å². The topological polar surface area (TPSA) is 58.2 Å². The number of aryl methyl sites for hydroxylation is 1. The van der Waals surface area contributed by atoms with Crippen molar-refractivity contribution in [2.75, 3.05) is 10.6 Å². The zero-order chi connectivity index (χ0) is 22.6. The van der Waals surface area contributed by atoms with E-state index in [2.05, 4.69) is 10.6 Å². The van der Waals surface area contributed by atoms with Gasteiger partial charge in [-0.2, -0.15) is 13.2 Å². The van der Waals surface area contributed by atoms with E-state index in [1.807, 2.05) is 0 Å². The summed E-state index contributed by atoms with van der Waals surface area (Å²) in [5.41, 5.74) is 1.84. The molecule has 0 saturated carbocycles. The van der Waals surface area contributed by atoms with Gasteiger partial charge in [0.25, 0.3) is 11.8 Å². The van der Waals surface area contributed by atoms with Gasteiger partial charge in [-0.1, -0.05) is 24.3 Å². The monoisotopic (exact) mass is 446 g/mol. The molecule has 0 radical (unpaired) electrons. The zero-order valence-electron chi connectivity index (χ0n) is 16.4. The van der Waals surface area contributed by atoms with Gasteiger partial charge in [-0.15, -0.1) is 11.6 Å². The zero-order valence-corrected chi connectivity index (χ0v) is 17.1. The Morgan fingerprint density at radius 1 is 0.871 bits per heavy atom. The number of carbonyl (C=O) groups excluding carboxylic acids is 2. The molecule has 2 amide bonds. The summed E-state index contributed by atoms with van der Waals surface area (Å²) in [6.45, 7) is 1.78. The molecule has 0 aliphatic heterocycles. The molecular formula is C23H18ClF3N2O2. The molecule has 31 heavy (non-hydrogen) atoms. The molecule has 0 aliphatic rings. The minimum Gasteiger partial charge on any atom is -0.322 e. The summed E-state index contributed by atoms with van der Waals surface area (Å²) in [7, 11) is 0. The van der Waals surface area contributed by atoms with Gasteiger partial charge in [0, 0.05) is 28.4 Å². The van der Waals surface area contributed by atoms with Gasteiger partial charge >= 0.3 is 6.18 Å². The number of rotatable bonds is 5. The van der Waals surface area contributed by atoms with Gasteiger partial charge in [0.2, 0.25) is 0 Å². The minimum absolute atomic E-state index is 0.125. The number of anilines is 2. The van der Waals surface area contributed by atoms with E-state index in [9.17, 15) is 22.8 Å². The van der Waals surface area contributed by atoms with Crippen LogP contribution in [0.1, 0.15) is 37.4 Å². The van der Waals surface area contributed by atoms with E-state index in [0.717, 1.165) is 23.3 Å². The fourth-order valence-corrected chi connectivity index (χ4v) is 2.99. The van der Waals surface area contributed by atoms with Gasteiger partial charge in [0.1, 0.15) is 0 Å². The number of hydrogen-bond acceptors (Lipinski definition) is 2. The number of amides is 2. The van der Waals surface area contributed by atoms with Crippen molar-refractivity contribution in [1.29, 1.82) is 0 Å². The molecule has 0 spiro atoms. The van der Waals surface area contributed by atoms with E-state index in [-0.39, 0.29) is 11.5 Å². The molecule has 0 aromatic heterocycles. The highest BCUT2D eigenvalue weighted by atomic mass is 35.5. The lowest BCUT2D eigenvalue weighted by Crippen LogP contribution is -2.15. The van der Waals surface area contributed by atoms with Crippen molar-refractivity contribution in [3.8, 4) is 0 Å². The van der Waals surface area contributed by atoms with E-state index in [4.69, 9.17) is 11.6 Å². The third-order valence-electron chi connectivity index (χ3n) is 4.57. The molecule has 0 atom stereocenters. The Labute approximate surface area is 182 Å². The first-order valence-electron chi connectivity index (χ1n) is 9.23. The van der Waals surface area contributed by atoms with Crippen LogP contribution in [0.3, 0.4) is 0 Å². The van der Waals surface area contributed by atoms with Crippen molar-refractivity contribution >= 4 is 34.8 Å². The molecule has 0 saturated heterocycles. The molecule has 4 nitrogen and oxygen atoms in total. The minimum atomic E-state index is -4.54. The Kier molecular flexibility index (Phi) is 6.65. The Hall–Kier alpha value is -3.32. The first-order chi connectivity index (χ1) is 14.7. The van der Waals surface area contributed by atoms with Crippen molar-refractivity contribution in [3.05, 3.63) is 94.5 Å². The Morgan fingerprint density at radius 2 is 1.55 bits per heavy atom. The van der Waals surface area contributed by atoms with E-state index in [1.54, 1.807) is 49.4 Å². The van der Waals surface area contributed by atoms with Crippen LogP contribution in [0.15, 0.2) is 66.7 Å². The second-order valence-corrected chi connectivity index (χ2v) is 7.11. The molecule has 8 heteroatoms. The lowest BCUT2D eigenvalue weighted by Gasteiger charge is -2.13. The van der Waals surface area contributed by atoms with Crippen molar-refractivity contribution < 1.29 is 22.8 Å². The largest absolute Gasteiger partial charge is 0.416 e. The summed E-state index contributed by atoms with van der Waals surface area (Å²) in [6, 6.07) is 15.8. The van der Waals surface area contributed by atoms with E-state index in [0.29, 0.717) is 22.8 Å². The van der Waals surface area contributed by atoms with Crippen molar-refractivity contribution in [2.45, 2.75) is 19.0 Å². The Bertz CT molecular complexity index is 1110. The molecule has 160 valence electrons. The maximum Gasteiger partial charge on any atom is 0.416 e. The first-order valence-corrected chi connectivity index (χ1v) is 9.76. The Balaban J connectivity index is 1.76. The van der Waals surface area contributed by atoms with Gasteiger partial charge in [-0.25, -0.2) is 0 Å². The molecular weight excluding hydrogens is 429 g/mol. The average Bonchev–Trinajstić information content (AvgIpc) is 2.75. The molecule has 0 heterocycles. The summed E-state index contributed by atoms with van der Waals surface area (Å²) in [5.74, 6) is -0.691. The highest BCUT2D eigenvalue weighted by Crippen LogP contribution is 2.30. The van der Waals surface area contributed by atoms with Crippen LogP contribution in [0.4, 0.5) is 24.5 Å². The van der Waals surface area contributed by atoms with Gasteiger partial charge < -0.3 is 10.6 Å². The molecule has 0 unspecified atom stereocenters. The Morgan fingerprint density at radius 3 is 2.19 bits per heavy atom. The van der Waals surface area contributed by atoms with E-state index in [1.165, 1.54) is 12.1 Å². The van der Waals surface area contributed by atoms with Crippen molar-refractivity contribution in [1.82, 2.24) is 0 Å². The van der Waals surface area contributed by atoms with Crippen molar-refractivity contribution in [3.63, 3.8) is 0 Å². The average molecular weight is 447 g/mol. The molecule has 0 bridgehead atoms. The number of halogens is 4. The van der Waals surface area contributed by atoms with Crippen LogP contribution in [-0.2, 0) is 12.1 Å². The van der Waals surface area contributed by atoms with Crippen LogP contribution in [0.25, 0.3) is 0 Å². The van der Waals surface area contributed by atoms with Crippen LogP contribution in [0.5, 0.6) is 0 Å². The quantitative estimate of drug-likeness (QED) is 0.454. The fraction of sp³-hybridized carbons (Fsp3) is 0.130. The van der Waals surface area contributed by atoms with E-state index >= 15 is 0 Å². The smallest absolute Gasteiger partial charge is 0.322 e. The molecule has 2 N–H and O–H groups in total. The predicted octanol–water partition coefficient (Wildman–Crippen LogP) is 6.26. The summed E-state index contributed by atoms with van der Waals surface area (Å²) < 4.78 is 38.6. The lowest BCUT2D eigenvalue weighted by molar-refractivity contribution is -0.137. The predicted molar refractivity (Wildman–Crippen MR) is 115 cm³/mol.